The molecule has 0 aromatic rings. The van der Waals surface area contributed by atoms with Crippen molar-refractivity contribution in [2.24, 2.45) is 4.99 Å². The van der Waals surface area contributed by atoms with Gasteiger partial charge in [-0.1, -0.05) is 0 Å². The average molecular weight is 176 g/mol. The molecule has 0 aliphatic carbocycles. The molecule has 8 heavy (non-hydrogen) atoms. The predicted molar refractivity (Wildman–Crippen MR) is 35.2 cm³/mol. The first-order chi connectivity index (χ1) is 3.70. The van der Waals surface area contributed by atoms with E-state index in [9.17, 15) is 0 Å². The van der Waals surface area contributed by atoms with Crippen molar-refractivity contribution in [2.75, 3.05) is 0 Å². The third-order valence-electron chi connectivity index (χ3n) is 1.40. The van der Waals surface area contributed by atoms with Gasteiger partial charge in [-0.05, 0) is 0 Å². The number of rotatable bonds is 0. The SMILES string of the molecule is CC1N=C([Se])NC1C. The van der Waals surface area contributed by atoms with E-state index in [4.69, 9.17) is 0 Å². The molecule has 0 saturated heterocycles. The van der Waals surface area contributed by atoms with Crippen LogP contribution in [0.1, 0.15) is 13.8 Å². The van der Waals surface area contributed by atoms with Crippen molar-refractivity contribution >= 4 is 20.7 Å². The van der Waals surface area contributed by atoms with Gasteiger partial charge >= 0.3 is 57.0 Å². The Morgan fingerprint density at radius 2 is 2.25 bits per heavy atom. The molecular weight excluding hydrogens is 167 g/mol. The summed E-state index contributed by atoms with van der Waals surface area (Å²) in [4.78, 5) is 4.22. The summed E-state index contributed by atoms with van der Waals surface area (Å²) in [5, 5.41) is 3.16. The molecule has 1 rings (SSSR count). The number of nitrogens with one attached hydrogen (secondary N) is 1. The van der Waals surface area contributed by atoms with Crippen LogP contribution in [0.5, 0.6) is 0 Å². The zero-order valence-corrected chi connectivity index (χ0v) is 6.72. The molecule has 2 atom stereocenters. The summed E-state index contributed by atoms with van der Waals surface area (Å²) in [6.07, 6.45) is 0. The predicted octanol–water partition coefficient (Wildman–Crippen LogP) is -0.109. The van der Waals surface area contributed by atoms with E-state index in [0.29, 0.717) is 12.1 Å². The quantitative estimate of drug-likeness (QED) is 0.512. The van der Waals surface area contributed by atoms with Gasteiger partial charge in [0.25, 0.3) is 0 Å². The zero-order valence-electron chi connectivity index (χ0n) is 5.01. The Morgan fingerprint density at radius 1 is 1.62 bits per heavy atom. The van der Waals surface area contributed by atoms with Crippen LogP contribution in [-0.4, -0.2) is 32.8 Å². The van der Waals surface area contributed by atoms with Crippen LogP contribution < -0.4 is 5.32 Å². The van der Waals surface area contributed by atoms with Gasteiger partial charge in [0.2, 0.25) is 0 Å². The first kappa shape index (κ1) is 6.11. The van der Waals surface area contributed by atoms with E-state index < -0.39 is 0 Å². The Morgan fingerprint density at radius 3 is 2.38 bits per heavy atom. The maximum atomic E-state index is 4.22. The molecule has 2 unspecified atom stereocenters. The fraction of sp³-hybridized carbons (Fsp3) is 0.800. The van der Waals surface area contributed by atoms with Gasteiger partial charge in [0.15, 0.2) is 0 Å². The molecule has 2 nitrogen and oxygen atoms in total. The van der Waals surface area contributed by atoms with Crippen molar-refractivity contribution in [3.05, 3.63) is 0 Å². The minimum absolute atomic E-state index is 0.436. The molecule has 0 saturated carbocycles. The summed E-state index contributed by atoms with van der Waals surface area (Å²) in [5.41, 5.74) is 0. The summed E-state index contributed by atoms with van der Waals surface area (Å²) in [6.45, 7) is 4.22. The minimum atomic E-state index is 0.436. The van der Waals surface area contributed by atoms with Crippen molar-refractivity contribution in [1.82, 2.24) is 5.32 Å². The molecule has 0 amide bonds. The van der Waals surface area contributed by atoms with E-state index in [1.165, 1.54) is 0 Å². The molecule has 0 aromatic carbocycles. The van der Waals surface area contributed by atoms with Gasteiger partial charge in [-0.2, -0.15) is 0 Å². The summed E-state index contributed by atoms with van der Waals surface area (Å²) >= 11 is 2.84. The summed E-state index contributed by atoms with van der Waals surface area (Å²) in [5.74, 6) is 0. The Labute approximate surface area is 57.6 Å². The summed E-state index contributed by atoms with van der Waals surface area (Å²) in [7, 11) is 0. The van der Waals surface area contributed by atoms with E-state index in [1.807, 2.05) is 0 Å². The van der Waals surface area contributed by atoms with Gasteiger partial charge in [-0.15, -0.1) is 0 Å². The third-order valence-corrected chi connectivity index (χ3v) is 1.86. The van der Waals surface area contributed by atoms with Gasteiger partial charge in [0, 0.05) is 0 Å². The van der Waals surface area contributed by atoms with E-state index in [0.717, 1.165) is 4.73 Å². The van der Waals surface area contributed by atoms with Gasteiger partial charge in [-0.25, -0.2) is 0 Å². The number of aliphatic imine (C=N–C) groups is 1. The summed E-state index contributed by atoms with van der Waals surface area (Å²) in [6, 6.07) is 0.942. The molecule has 1 radical (unpaired) electrons. The molecule has 0 aromatic heterocycles. The van der Waals surface area contributed by atoms with Crippen LogP contribution >= 0.6 is 0 Å². The van der Waals surface area contributed by atoms with Crippen molar-refractivity contribution in [3.63, 3.8) is 0 Å². The second kappa shape index (κ2) is 2.08. The van der Waals surface area contributed by atoms with Crippen LogP contribution in [-0.2, 0) is 0 Å². The van der Waals surface area contributed by atoms with Crippen LogP contribution in [0, 0.1) is 0 Å². The van der Waals surface area contributed by atoms with E-state index in [-0.39, 0.29) is 0 Å². The molecule has 0 spiro atoms. The monoisotopic (exact) mass is 177 g/mol. The van der Waals surface area contributed by atoms with Crippen molar-refractivity contribution in [3.8, 4) is 0 Å². The molecule has 3 heteroatoms. The molecule has 0 bridgehead atoms. The van der Waals surface area contributed by atoms with Crippen LogP contribution in [0.2, 0.25) is 0 Å². The van der Waals surface area contributed by atoms with Gasteiger partial charge in [-0.3, -0.25) is 0 Å². The fourth-order valence-electron chi connectivity index (χ4n) is 0.649. The third kappa shape index (κ3) is 1.04. The normalized spacial score (nSPS) is 36.5. The van der Waals surface area contributed by atoms with Crippen molar-refractivity contribution < 1.29 is 0 Å². The van der Waals surface area contributed by atoms with Gasteiger partial charge in [0.1, 0.15) is 0 Å². The second-order valence-corrected chi connectivity index (χ2v) is 2.92. The molecule has 1 N–H and O–H groups in total. The Balaban J connectivity index is 2.56. The number of nitrogens with zero attached hydrogens (tertiary/aromatic N) is 1. The Kier molecular flexibility index (Phi) is 1.59. The fourth-order valence-corrected chi connectivity index (χ4v) is 1.39. The second-order valence-electron chi connectivity index (χ2n) is 2.11. The topological polar surface area (TPSA) is 24.4 Å². The van der Waals surface area contributed by atoms with E-state index in [1.54, 1.807) is 0 Å². The molecule has 1 aliphatic heterocycles. The molecule has 1 heterocycles. The number of amidine groups is 1. The van der Waals surface area contributed by atoms with Crippen LogP contribution in [0.3, 0.4) is 0 Å². The van der Waals surface area contributed by atoms with Crippen molar-refractivity contribution in [1.29, 1.82) is 0 Å². The molecule has 1 aliphatic rings. The van der Waals surface area contributed by atoms with Crippen molar-refractivity contribution in [2.45, 2.75) is 25.9 Å². The average Bonchev–Trinajstić information content (AvgIpc) is 1.85. The standard InChI is InChI=1S/C5H9N2Se/c1-3-4(2)7-5(8)6-3/h3-4H,1-2H3,(H,6,7). The Bertz CT molecular complexity index is 122. The molecular formula is C5H9N2Se. The van der Waals surface area contributed by atoms with Gasteiger partial charge in [0.05, 0.1) is 0 Å². The van der Waals surface area contributed by atoms with Gasteiger partial charge < -0.3 is 0 Å². The first-order valence-electron chi connectivity index (χ1n) is 2.71. The van der Waals surface area contributed by atoms with Crippen LogP contribution in [0.15, 0.2) is 4.99 Å². The van der Waals surface area contributed by atoms with E-state index >= 15 is 0 Å². The number of hydrogen-bond acceptors (Lipinski definition) is 2. The van der Waals surface area contributed by atoms with E-state index in [2.05, 4.69) is 40.2 Å². The zero-order chi connectivity index (χ0) is 6.15. The summed E-state index contributed by atoms with van der Waals surface area (Å²) < 4.78 is 0.949. The van der Waals surface area contributed by atoms with Crippen LogP contribution in [0.4, 0.5) is 0 Å². The molecule has 0 fully saturated rings. The first-order valence-corrected chi connectivity index (χ1v) is 3.57. The molecule has 45 valence electrons. The Hall–Kier alpha value is -0.0105. The van der Waals surface area contributed by atoms with Crippen LogP contribution in [0.25, 0.3) is 0 Å². The number of hydrogen-bond donors (Lipinski definition) is 1. The maximum absolute atomic E-state index is 4.22.